The fraction of sp³-hybridized carbons (Fsp3) is 0.877. The highest BCUT2D eigenvalue weighted by Gasteiger charge is 2.30. The fourth-order valence-corrected chi connectivity index (χ4v) is 10.7. The van der Waals surface area contributed by atoms with E-state index >= 15 is 0 Å². The highest BCUT2D eigenvalue weighted by molar-refractivity contribution is 7.47. The lowest BCUT2D eigenvalue weighted by molar-refractivity contribution is -0.161. The van der Waals surface area contributed by atoms with Crippen molar-refractivity contribution < 1.29 is 80.2 Å². The predicted molar refractivity (Wildman–Crippen MR) is 335 cm³/mol. The van der Waals surface area contributed by atoms with Crippen molar-refractivity contribution in [2.24, 2.45) is 17.8 Å². The van der Waals surface area contributed by atoms with Gasteiger partial charge in [-0.15, -0.1) is 0 Å². The summed E-state index contributed by atoms with van der Waals surface area (Å²) in [6, 6.07) is 0. The molecule has 0 amide bonds. The van der Waals surface area contributed by atoms with E-state index in [2.05, 4.69) is 72.8 Å². The molecule has 0 rings (SSSR count). The number of carbonyl (C=O) groups excluding carboxylic acids is 4. The highest BCUT2D eigenvalue weighted by Crippen LogP contribution is 2.45. The maximum Gasteiger partial charge on any atom is 0.472 e. The van der Waals surface area contributed by atoms with Gasteiger partial charge in [-0.25, -0.2) is 9.13 Å². The number of aliphatic hydroxyl groups is 1. The molecule has 0 saturated heterocycles. The second kappa shape index (κ2) is 55.8. The van der Waals surface area contributed by atoms with Crippen molar-refractivity contribution >= 4 is 39.5 Å². The van der Waals surface area contributed by atoms with Crippen LogP contribution in [0.15, 0.2) is 24.3 Å². The normalized spacial score (nSPS) is 14.9. The van der Waals surface area contributed by atoms with Crippen LogP contribution in [-0.4, -0.2) is 96.7 Å². The predicted octanol–water partition coefficient (Wildman–Crippen LogP) is 17.4. The van der Waals surface area contributed by atoms with Crippen molar-refractivity contribution in [2.45, 2.75) is 311 Å². The molecular formula is C65H122O17P2. The monoisotopic (exact) mass is 1240 g/mol. The second-order valence-corrected chi connectivity index (χ2v) is 26.9. The number of hydrogen-bond donors (Lipinski definition) is 3. The number of rotatable bonds is 61. The van der Waals surface area contributed by atoms with Gasteiger partial charge in [0.05, 0.1) is 26.4 Å². The lowest BCUT2D eigenvalue weighted by Gasteiger charge is -2.21. The zero-order chi connectivity index (χ0) is 62.4. The minimum Gasteiger partial charge on any atom is -0.462 e. The molecule has 0 fully saturated rings. The van der Waals surface area contributed by atoms with Crippen LogP contribution in [0.2, 0.25) is 0 Å². The topological polar surface area (TPSA) is 237 Å². The Kier molecular flexibility index (Phi) is 54.2. The molecule has 0 saturated carbocycles. The first-order valence-corrected chi connectivity index (χ1v) is 36.2. The minimum absolute atomic E-state index is 0.0945. The van der Waals surface area contributed by atoms with Gasteiger partial charge in [-0.05, 0) is 69.1 Å². The van der Waals surface area contributed by atoms with Crippen LogP contribution in [0.1, 0.15) is 292 Å². The summed E-state index contributed by atoms with van der Waals surface area (Å²) in [5, 5.41) is 10.5. The third kappa shape index (κ3) is 57.3. The third-order valence-corrected chi connectivity index (χ3v) is 16.5. The number of esters is 4. The summed E-state index contributed by atoms with van der Waals surface area (Å²) >= 11 is 0. The van der Waals surface area contributed by atoms with Crippen LogP contribution in [0.25, 0.3) is 0 Å². The quantitative estimate of drug-likeness (QED) is 0.0169. The van der Waals surface area contributed by atoms with E-state index in [4.69, 9.17) is 37.0 Å². The Morgan fingerprint density at radius 3 is 1.06 bits per heavy atom. The van der Waals surface area contributed by atoms with Gasteiger partial charge in [0.1, 0.15) is 19.3 Å². The van der Waals surface area contributed by atoms with Gasteiger partial charge in [0, 0.05) is 25.7 Å². The zero-order valence-corrected chi connectivity index (χ0v) is 55.6. The van der Waals surface area contributed by atoms with E-state index in [1.54, 1.807) is 0 Å². The summed E-state index contributed by atoms with van der Waals surface area (Å²) in [7, 11) is -9.90. The molecule has 494 valence electrons. The van der Waals surface area contributed by atoms with E-state index in [-0.39, 0.29) is 25.7 Å². The van der Waals surface area contributed by atoms with Crippen molar-refractivity contribution in [3.63, 3.8) is 0 Å². The molecule has 3 unspecified atom stereocenters. The molecule has 0 aromatic rings. The Hall–Kier alpha value is -2.46. The van der Waals surface area contributed by atoms with Crippen LogP contribution >= 0.6 is 15.6 Å². The number of ether oxygens (including phenoxy) is 4. The SMILES string of the molecule is CCCCCC/C=C\C=C/CCCCCCCC(=O)OC[C@H](COP(=O)(O)OC[C@@H](O)COP(=O)(O)OC[C@@H](COC(=O)CCCCCCCCC(C)CC)OC(=O)CCCCCCCCCC(C)C)OC(=O)CCCCCCCCC(C)C. The van der Waals surface area contributed by atoms with E-state index in [0.717, 1.165) is 121 Å². The van der Waals surface area contributed by atoms with Gasteiger partial charge >= 0.3 is 39.5 Å². The van der Waals surface area contributed by atoms with E-state index in [1.165, 1.54) is 77.0 Å². The standard InChI is InChI=1S/C65H122O17P2/c1-8-10-11-12-13-14-15-16-17-18-19-20-23-32-39-46-62(67)75-52-61(82-65(70)49-42-35-27-25-30-37-44-57(5)6)55-80-84(73,74)78-51-59(66)50-77-83(71,72)79-54-60(81-64(69)48-41-34-24-21-22-29-36-43-56(3)4)53-76-63(68)47-40-33-28-26-31-38-45-58(7)9-2/h14-17,56-61,66H,8-13,18-55H2,1-7H3,(H,71,72)(H,73,74)/b15-14-,17-16-/t58?,59-,60+,61+/m0/s1. The minimum atomic E-state index is -4.95. The van der Waals surface area contributed by atoms with Crippen LogP contribution < -0.4 is 0 Å². The molecule has 17 nitrogen and oxygen atoms in total. The maximum atomic E-state index is 13.0. The summed E-state index contributed by atoms with van der Waals surface area (Å²) in [4.78, 5) is 72.2. The second-order valence-electron chi connectivity index (χ2n) is 24.0. The van der Waals surface area contributed by atoms with E-state index in [1.807, 2.05) is 0 Å². The van der Waals surface area contributed by atoms with Gasteiger partial charge in [-0.3, -0.25) is 37.3 Å². The molecule has 0 aliphatic rings. The molecule has 19 heteroatoms. The number of allylic oxidation sites excluding steroid dienone is 4. The van der Waals surface area contributed by atoms with Crippen LogP contribution in [0.4, 0.5) is 0 Å². The average Bonchev–Trinajstić information content (AvgIpc) is 3.57. The smallest absolute Gasteiger partial charge is 0.462 e. The molecular weight excluding hydrogens is 1110 g/mol. The van der Waals surface area contributed by atoms with Crippen LogP contribution in [0.5, 0.6) is 0 Å². The Morgan fingerprint density at radius 2 is 0.702 bits per heavy atom. The fourth-order valence-electron chi connectivity index (χ4n) is 9.08. The molecule has 6 atom stereocenters. The summed E-state index contributed by atoms with van der Waals surface area (Å²) < 4.78 is 67.9. The van der Waals surface area contributed by atoms with E-state index in [0.29, 0.717) is 37.5 Å². The summed E-state index contributed by atoms with van der Waals surface area (Å²) in [6.07, 6.45) is 40.1. The van der Waals surface area contributed by atoms with Gasteiger partial charge in [0.25, 0.3) is 0 Å². The zero-order valence-electron chi connectivity index (χ0n) is 53.8. The molecule has 0 aromatic carbocycles. The molecule has 0 bridgehead atoms. The van der Waals surface area contributed by atoms with Crippen LogP contribution in [0.3, 0.4) is 0 Å². The number of phosphoric acid groups is 2. The Balaban J connectivity index is 5.25. The number of aliphatic hydroxyl groups excluding tert-OH is 1. The van der Waals surface area contributed by atoms with Crippen molar-refractivity contribution in [3.8, 4) is 0 Å². The third-order valence-electron chi connectivity index (χ3n) is 14.6. The van der Waals surface area contributed by atoms with Gasteiger partial charge in [0.15, 0.2) is 12.2 Å². The van der Waals surface area contributed by atoms with Crippen LogP contribution in [0, 0.1) is 17.8 Å². The lowest BCUT2D eigenvalue weighted by Crippen LogP contribution is -2.30. The first-order chi connectivity index (χ1) is 40.3. The van der Waals surface area contributed by atoms with Gasteiger partial charge < -0.3 is 33.8 Å². The first kappa shape index (κ1) is 81.5. The summed E-state index contributed by atoms with van der Waals surface area (Å²) in [5.74, 6) is -0.0835. The van der Waals surface area contributed by atoms with Crippen molar-refractivity contribution in [2.75, 3.05) is 39.6 Å². The first-order valence-electron chi connectivity index (χ1n) is 33.2. The highest BCUT2D eigenvalue weighted by atomic mass is 31.2. The Bertz CT molecular complexity index is 1760. The van der Waals surface area contributed by atoms with E-state index < -0.39 is 97.5 Å². The van der Waals surface area contributed by atoms with Gasteiger partial charge in [0.2, 0.25) is 0 Å². The lowest BCUT2D eigenvalue weighted by atomic mass is 10.00. The van der Waals surface area contributed by atoms with Crippen LogP contribution in [-0.2, 0) is 65.4 Å². The van der Waals surface area contributed by atoms with E-state index in [9.17, 15) is 43.2 Å². The molecule has 0 heterocycles. The summed E-state index contributed by atoms with van der Waals surface area (Å²) in [6.45, 7) is 11.5. The van der Waals surface area contributed by atoms with Crippen molar-refractivity contribution in [1.82, 2.24) is 0 Å². The number of carbonyl (C=O) groups is 4. The largest absolute Gasteiger partial charge is 0.472 e. The molecule has 0 radical (unpaired) electrons. The van der Waals surface area contributed by atoms with Crippen molar-refractivity contribution in [3.05, 3.63) is 24.3 Å². The molecule has 0 aromatic heterocycles. The Labute approximate surface area is 510 Å². The van der Waals surface area contributed by atoms with Gasteiger partial charge in [-0.2, -0.15) is 0 Å². The number of phosphoric ester groups is 2. The number of unbranched alkanes of at least 4 members (excludes halogenated alkanes) is 25. The molecule has 0 aliphatic heterocycles. The van der Waals surface area contributed by atoms with Gasteiger partial charge in [-0.1, -0.05) is 240 Å². The molecule has 0 aliphatic carbocycles. The Morgan fingerprint density at radius 1 is 0.393 bits per heavy atom. The molecule has 0 spiro atoms. The summed E-state index contributed by atoms with van der Waals surface area (Å²) in [5.41, 5.74) is 0. The molecule has 84 heavy (non-hydrogen) atoms. The van der Waals surface area contributed by atoms with Crippen molar-refractivity contribution in [1.29, 1.82) is 0 Å². The maximum absolute atomic E-state index is 13.0. The number of hydrogen-bond acceptors (Lipinski definition) is 15. The molecule has 3 N–H and O–H groups in total. The average molecular weight is 1240 g/mol.